The van der Waals surface area contributed by atoms with Gasteiger partial charge in [-0.3, -0.25) is 0 Å². The molecule has 0 radical (unpaired) electrons. The van der Waals surface area contributed by atoms with E-state index >= 15 is 0 Å². The summed E-state index contributed by atoms with van der Waals surface area (Å²) in [4.78, 5) is 1.25. The van der Waals surface area contributed by atoms with Gasteiger partial charge in [-0.05, 0) is 50.0 Å². The van der Waals surface area contributed by atoms with Crippen LogP contribution < -0.4 is 0 Å². The lowest BCUT2D eigenvalue weighted by Crippen LogP contribution is -2.48. The van der Waals surface area contributed by atoms with Crippen LogP contribution >= 0.6 is 11.3 Å². The maximum atomic E-state index is 10.6. The second-order valence-electron chi connectivity index (χ2n) is 5.48. The molecule has 1 aromatic rings. The van der Waals surface area contributed by atoms with Crippen LogP contribution in [0.5, 0.6) is 0 Å². The second kappa shape index (κ2) is 6.18. The van der Waals surface area contributed by atoms with E-state index in [4.69, 9.17) is 4.74 Å². The smallest absolute Gasteiger partial charge is 0.0943 e. The molecule has 1 unspecified atom stereocenters. The van der Waals surface area contributed by atoms with Crippen LogP contribution in [0, 0.1) is 5.92 Å². The largest absolute Gasteiger partial charge is 0.390 e. The van der Waals surface area contributed by atoms with Gasteiger partial charge in [-0.15, -0.1) is 11.3 Å². The first-order valence-electron chi connectivity index (χ1n) is 7.00. The highest BCUT2D eigenvalue weighted by Gasteiger charge is 2.41. The lowest BCUT2D eigenvalue weighted by molar-refractivity contribution is -0.143. The highest BCUT2D eigenvalue weighted by atomic mass is 32.1. The van der Waals surface area contributed by atoms with Gasteiger partial charge in [0.2, 0.25) is 0 Å². The molecule has 1 aromatic heterocycles. The van der Waals surface area contributed by atoms with E-state index < -0.39 is 0 Å². The average Bonchev–Trinajstić information content (AvgIpc) is 2.85. The monoisotopic (exact) mass is 268 g/mol. The molecule has 18 heavy (non-hydrogen) atoms. The van der Waals surface area contributed by atoms with Gasteiger partial charge in [0.25, 0.3) is 0 Å². The van der Waals surface area contributed by atoms with Gasteiger partial charge in [-0.1, -0.05) is 13.0 Å². The molecule has 0 saturated heterocycles. The molecule has 1 aliphatic carbocycles. The summed E-state index contributed by atoms with van der Waals surface area (Å²) < 4.78 is 5.98. The topological polar surface area (TPSA) is 29.5 Å². The third-order valence-electron chi connectivity index (χ3n) is 4.13. The first kappa shape index (κ1) is 14.0. The quantitative estimate of drug-likeness (QED) is 0.883. The molecule has 1 atom stereocenters. The molecule has 2 rings (SSSR count). The van der Waals surface area contributed by atoms with E-state index in [1.807, 2.05) is 13.0 Å². The summed E-state index contributed by atoms with van der Waals surface area (Å²) in [5.41, 5.74) is -0.300. The van der Waals surface area contributed by atoms with Crippen LogP contribution in [0.1, 0.15) is 44.4 Å². The predicted octanol–water partition coefficient (Wildman–Crippen LogP) is 3.64. The lowest BCUT2D eigenvalue weighted by atomic mass is 9.75. The maximum absolute atomic E-state index is 10.6. The van der Waals surface area contributed by atoms with Crippen molar-refractivity contribution in [2.45, 2.75) is 57.7 Å². The van der Waals surface area contributed by atoms with E-state index in [0.717, 1.165) is 25.2 Å². The number of hydrogen-bond acceptors (Lipinski definition) is 3. The summed E-state index contributed by atoms with van der Waals surface area (Å²) in [6.07, 6.45) is 4.68. The van der Waals surface area contributed by atoms with Gasteiger partial charge < -0.3 is 9.84 Å². The molecule has 0 spiro atoms. The van der Waals surface area contributed by atoms with Gasteiger partial charge in [0, 0.05) is 17.9 Å². The molecule has 0 aromatic carbocycles. The third-order valence-corrected chi connectivity index (χ3v) is 5.03. The average molecular weight is 268 g/mol. The van der Waals surface area contributed by atoms with Crippen molar-refractivity contribution in [3.63, 3.8) is 0 Å². The van der Waals surface area contributed by atoms with Crippen molar-refractivity contribution >= 4 is 11.3 Å². The van der Waals surface area contributed by atoms with Gasteiger partial charge >= 0.3 is 0 Å². The molecular formula is C15H24O2S. The Kier molecular flexibility index (Phi) is 4.82. The Morgan fingerprint density at radius 3 is 2.78 bits per heavy atom. The van der Waals surface area contributed by atoms with E-state index in [9.17, 15) is 5.11 Å². The predicted molar refractivity (Wildman–Crippen MR) is 76.0 cm³/mol. The van der Waals surface area contributed by atoms with E-state index in [2.05, 4.69) is 18.4 Å². The van der Waals surface area contributed by atoms with Gasteiger partial charge in [0.1, 0.15) is 0 Å². The molecule has 1 saturated carbocycles. The Hall–Kier alpha value is -0.380. The van der Waals surface area contributed by atoms with Crippen LogP contribution in [0.2, 0.25) is 0 Å². The maximum Gasteiger partial charge on any atom is 0.0943 e. The highest BCUT2D eigenvalue weighted by Crippen LogP contribution is 2.38. The summed E-state index contributed by atoms with van der Waals surface area (Å²) in [5.74, 6) is 0.771. The molecule has 1 N–H and O–H groups in total. The zero-order valence-electron chi connectivity index (χ0n) is 11.4. The van der Waals surface area contributed by atoms with E-state index in [0.29, 0.717) is 6.61 Å². The summed E-state index contributed by atoms with van der Waals surface area (Å²) in [6, 6.07) is 4.14. The normalized spacial score (nSPS) is 30.3. The van der Waals surface area contributed by atoms with Crippen LogP contribution in [0.3, 0.4) is 0 Å². The van der Waals surface area contributed by atoms with Crippen molar-refractivity contribution < 1.29 is 9.84 Å². The van der Waals surface area contributed by atoms with Gasteiger partial charge in [0.15, 0.2) is 0 Å². The van der Waals surface area contributed by atoms with E-state index in [1.165, 1.54) is 17.7 Å². The van der Waals surface area contributed by atoms with Crippen LogP contribution in [-0.2, 0) is 11.2 Å². The fourth-order valence-corrected chi connectivity index (χ4v) is 3.66. The number of thiophene rings is 1. The standard InChI is InChI=1S/C15H24O2S/c1-3-17-15(8-6-12(2)7-9-15)14(16)11-13-5-4-10-18-13/h4-5,10,12,14,16H,3,6-9,11H2,1-2H3. The molecule has 0 amide bonds. The van der Waals surface area contributed by atoms with Crippen molar-refractivity contribution in [3.05, 3.63) is 22.4 Å². The minimum absolute atomic E-state index is 0.300. The van der Waals surface area contributed by atoms with Crippen molar-refractivity contribution in [1.82, 2.24) is 0 Å². The van der Waals surface area contributed by atoms with Crippen LogP contribution in [0.4, 0.5) is 0 Å². The van der Waals surface area contributed by atoms with Gasteiger partial charge in [-0.2, -0.15) is 0 Å². The van der Waals surface area contributed by atoms with E-state index in [-0.39, 0.29) is 11.7 Å². The van der Waals surface area contributed by atoms with Crippen molar-refractivity contribution in [2.24, 2.45) is 5.92 Å². The molecule has 1 heterocycles. The van der Waals surface area contributed by atoms with Gasteiger partial charge in [0.05, 0.1) is 11.7 Å². The Morgan fingerprint density at radius 1 is 1.50 bits per heavy atom. The minimum Gasteiger partial charge on any atom is -0.390 e. The Labute approximate surface area is 114 Å². The van der Waals surface area contributed by atoms with E-state index in [1.54, 1.807) is 11.3 Å². The molecule has 1 aliphatic rings. The molecule has 0 bridgehead atoms. The summed E-state index contributed by atoms with van der Waals surface area (Å²) in [5, 5.41) is 12.7. The number of aliphatic hydroxyl groups excluding tert-OH is 1. The molecule has 102 valence electrons. The van der Waals surface area contributed by atoms with Crippen LogP contribution in [0.15, 0.2) is 17.5 Å². The fraction of sp³-hybridized carbons (Fsp3) is 0.733. The first-order chi connectivity index (χ1) is 8.66. The second-order valence-corrected chi connectivity index (χ2v) is 6.51. The Balaban J connectivity index is 2.04. The number of ether oxygens (including phenoxy) is 1. The number of aliphatic hydroxyl groups is 1. The van der Waals surface area contributed by atoms with Crippen molar-refractivity contribution in [3.8, 4) is 0 Å². The highest BCUT2D eigenvalue weighted by molar-refractivity contribution is 7.09. The number of rotatable bonds is 5. The molecule has 2 nitrogen and oxygen atoms in total. The number of hydrogen-bond donors (Lipinski definition) is 1. The summed E-state index contributed by atoms with van der Waals surface area (Å²) in [6.45, 7) is 5.01. The van der Waals surface area contributed by atoms with Crippen molar-refractivity contribution in [2.75, 3.05) is 6.61 Å². The summed E-state index contributed by atoms with van der Waals surface area (Å²) >= 11 is 1.72. The van der Waals surface area contributed by atoms with Crippen LogP contribution in [-0.4, -0.2) is 23.4 Å². The zero-order valence-corrected chi connectivity index (χ0v) is 12.2. The van der Waals surface area contributed by atoms with Crippen LogP contribution in [0.25, 0.3) is 0 Å². The zero-order chi connectivity index (χ0) is 13.0. The molecule has 0 aliphatic heterocycles. The fourth-order valence-electron chi connectivity index (χ4n) is 2.92. The molecule has 1 fully saturated rings. The Morgan fingerprint density at radius 2 is 2.22 bits per heavy atom. The minimum atomic E-state index is -0.372. The van der Waals surface area contributed by atoms with Crippen molar-refractivity contribution in [1.29, 1.82) is 0 Å². The third kappa shape index (κ3) is 3.14. The SMILES string of the molecule is CCOC1(C(O)Cc2cccs2)CCC(C)CC1. The molecule has 3 heteroatoms. The lowest BCUT2D eigenvalue weighted by Gasteiger charge is -2.42. The first-order valence-corrected chi connectivity index (χ1v) is 7.88. The van der Waals surface area contributed by atoms with Gasteiger partial charge in [-0.25, -0.2) is 0 Å². The molecular weight excluding hydrogens is 244 g/mol. The Bertz CT molecular complexity index is 339. The summed E-state index contributed by atoms with van der Waals surface area (Å²) in [7, 11) is 0.